The van der Waals surface area contributed by atoms with Crippen LogP contribution in [0.1, 0.15) is 40.0 Å². The van der Waals surface area contributed by atoms with E-state index in [2.05, 4.69) is 5.32 Å². The molecule has 1 amide bonds. The third-order valence-electron chi connectivity index (χ3n) is 3.02. The number of amides is 1. The lowest BCUT2D eigenvalue weighted by Crippen LogP contribution is -2.51. The Kier molecular flexibility index (Phi) is 6.70. The second kappa shape index (κ2) is 7.80. The van der Waals surface area contributed by atoms with E-state index >= 15 is 0 Å². The third-order valence-corrected chi connectivity index (χ3v) is 4.55. The Bertz CT molecular complexity index is 405. The Hall–Kier alpha value is -0.860. The van der Waals surface area contributed by atoms with Crippen LogP contribution in [-0.2, 0) is 14.9 Å². The molecule has 0 bridgehead atoms. The predicted molar refractivity (Wildman–Crippen MR) is 76.6 cm³/mol. The molecule has 1 aliphatic heterocycles. The highest BCUT2D eigenvalue weighted by Gasteiger charge is 2.32. The van der Waals surface area contributed by atoms with Gasteiger partial charge in [-0.3, -0.25) is 0 Å². The fourth-order valence-electron chi connectivity index (χ4n) is 2.22. The van der Waals surface area contributed by atoms with E-state index < -0.39 is 16.3 Å². The Balaban J connectivity index is 2.74. The van der Waals surface area contributed by atoms with Gasteiger partial charge in [0, 0.05) is 12.6 Å². The van der Waals surface area contributed by atoms with Crippen molar-refractivity contribution in [1.29, 1.82) is 0 Å². The molecule has 1 rings (SSSR count). The van der Waals surface area contributed by atoms with E-state index in [4.69, 9.17) is 4.74 Å². The van der Waals surface area contributed by atoms with Crippen molar-refractivity contribution in [3.05, 3.63) is 0 Å². The molecular formula is C12H25N3O4S. The minimum absolute atomic E-state index is 0.0689. The quantitative estimate of drug-likeness (QED) is 0.759. The first-order chi connectivity index (χ1) is 9.36. The van der Waals surface area contributed by atoms with Crippen molar-refractivity contribution in [2.45, 2.75) is 52.2 Å². The van der Waals surface area contributed by atoms with Gasteiger partial charge < -0.3 is 10.1 Å². The summed E-state index contributed by atoms with van der Waals surface area (Å²) in [7, 11) is -3.85. The Labute approximate surface area is 121 Å². The van der Waals surface area contributed by atoms with Crippen molar-refractivity contribution < 1.29 is 17.9 Å². The van der Waals surface area contributed by atoms with Crippen molar-refractivity contribution in [2.24, 2.45) is 0 Å². The van der Waals surface area contributed by atoms with Crippen molar-refractivity contribution in [3.63, 3.8) is 0 Å². The van der Waals surface area contributed by atoms with E-state index in [1.54, 1.807) is 13.8 Å². The monoisotopic (exact) mass is 307 g/mol. The predicted octanol–water partition coefficient (Wildman–Crippen LogP) is 0.830. The van der Waals surface area contributed by atoms with Crippen molar-refractivity contribution in [1.82, 2.24) is 14.3 Å². The lowest BCUT2D eigenvalue weighted by atomic mass is 10.1. The summed E-state index contributed by atoms with van der Waals surface area (Å²) in [4.78, 5) is 11.5. The van der Waals surface area contributed by atoms with E-state index in [1.807, 2.05) is 11.6 Å². The molecular weight excluding hydrogens is 282 g/mol. The molecule has 0 aromatic carbocycles. The number of ether oxygens (including phenoxy) is 1. The highest BCUT2D eigenvalue weighted by atomic mass is 32.2. The van der Waals surface area contributed by atoms with Crippen LogP contribution in [0.4, 0.5) is 4.79 Å². The van der Waals surface area contributed by atoms with E-state index in [0.29, 0.717) is 13.0 Å². The Morgan fingerprint density at radius 2 is 2.00 bits per heavy atom. The average Bonchev–Trinajstić information content (AvgIpc) is 2.35. The van der Waals surface area contributed by atoms with Crippen LogP contribution in [0.15, 0.2) is 0 Å². The number of carbonyl (C=O) groups excluding carboxylic acids is 1. The molecule has 1 fully saturated rings. The minimum Gasteiger partial charge on any atom is -0.446 e. The molecule has 0 unspecified atom stereocenters. The smallest absolute Gasteiger partial charge is 0.422 e. The third kappa shape index (κ3) is 5.26. The summed E-state index contributed by atoms with van der Waals surface area (Å²) in [6.45, 7) is 7.23. The zero-order valence-electron chi connectivity index (χ0n) is 12.4. The van der Waals surface area contributed by atoms with Crippen LogP contribution in [0, 0.1) is 0 Å². The maximum absolute atomic E-state index is 12.3. The highest BCUT2D eigenvalue weighted by molar-refractivity contribution is 7.87. The number of carbonyl (C=O) groups is 1. The molecule has 0 atom stereocenters. The number of hydrogen-bond acceptors (Lipinski definition) is 5. The summed E-state index contributed by atoms with van der Waals surface area (Å²) in [6, 6.07) is -0.0689. The van der Waals surface area contributed by atoms with Gasteiger partial charge in [0.1, 0.15) is 0 Å². The second-order valence-corrected chi connectivity index (χ2v) is 6.78. The van der Waals surface area contributed by atoms with Gasteiger partial charge in [0.25, 0.3) is 0 Å². The zero-order valence-corrected chi connectivity index (χ0v) is 13.2. The van der Waals surface area contributed by atoms with Gasteiger partial charge in [0.2, 0.25) is 0 Å². The molecule has 20 heavy (non-hydrogen) atoms. The van der Waals surface area contributed by atoms with Gasteiger partial charge in [-0.15, -0.1) is 0 Å². The number of piperidine rings is 1. The van der Waals surface area contributed by atoms with Gasteiger partial charge >= 0.3 is 16.3 Å². The molecule has 0 aromatic rings. The molecule has 1 aliphatic rings. The van der Waals surface area contributed by atoms with Crippen molar-refractivity contribution in [3.8, 4) is 0 Å². The van der Waals surface area contributed by atoms with Crippen LogP contribution < -0.4 is 10.0 Å². The lowest BCUT2D eigenvalue weighted by molar-refractivity contribution is 0.120. The first-order valence-corrected chi connectivity index (χ1v) is 8.51. The van der Waals surface area contributed by atoms with Gasteiger partial charge in [0.05, 0.1) is 6.10 Å². The molecule has 0 radical (unpaired) electrons. The normalized spacial score (nSPS) is 17.4. The Morgan fingerprint density at radius 3 is 2.50 bits per heavy atom. The number of nitrogens with one attached hydrogen (secondary N) is 2. The summed E-state index contributed by atoms with van der Waals surface area (Å²) >= 11 is 0. The molecule has 1 heterocycles. The molecule has 0 spiro atoms. The standard InChI is InChI=1S/C12H25N3O4S/c1-4-9-15(11-5-7-13-8-6-11)20(17,18)14-12(16)19-10(2)3/h10-11,13H,4-9H2,1-3H3,(H,14,16). The highest BCUT2D eigenvalue weighted by Crippen LogP contribution is 2.16. The topological polar surface area (TPSA) is 87.7 Å². The second-order valence-electron chi connectivity index (χ2n) is 5.15. The van der Waals surface area contributed by atoms with Crippen LogP contribution in [0.3, 0.4) is 0 Å². The summed E-state index contributed by atoms with van der Waals surface area (Å²) < 4.78 is 32.8. The number of rotatable bonds is 6. The summed E-state index contributed by atoms with van der Waals surface area (Å²) in [5.41, 5.74) is 0. The summed E-state index contributed by atoms with van der Waals surface area (Å²) in [5, 5.41) is 3.20. The summed E-state index contributed by atoms with van der Waals surface area (Å²) in [6.07, 6.45) is 0.920. The van der Waals surface area contributed by atoms with E-state index in [-0.39, 0.29) is 12.1 Å². The van der Waals surface area contributed by atoms with Crippen molar-refractivity contribution in [2.75, 3.05) is 19.6 Å². The minimum atomic E-state index is -3.85. The van der Waals surface area contributed by atoms with Gasteiger partial charge in [-0.1, -0.05) is 6.92 Å². The fraction of sp³-hybridized carbons (Fsp3) is 0.917. The molecule has 8 heteroatoms. The molecule has 2 N–H and O–H groups in total. The molecule has 0 aromatic heterocycles. The largest absolute Gasteiger partial charge is 0.446 e. The van der Waals surface area contributed by atoms with Crippen LogP contribution in [-0.4, -0.2) is 50.6 Å². The number of nitrogens with zero attached hydrogens (tertiary/aromatic N) is 1. The van der Waals surface area contributed by atoms with Gasteiger partial charge in [0.15, 0.2) is 0 Å². The molecule has 7 nitrogen and oxygen atoms in total. The maximum atomic E-state index is 12.3. The Morgan fingerprint density at radius 1 is 1.40 bits per heavy atom. The van der Waals surface area contributed by atoms with E-state index in [1.165, 1.54) is 4.31 Å². The van der Waals surface area contributed by atoms with Crippen molar-refractivity contribution >= 4 is 16.3 Å². The van der Waals surface area contributed by atoms with Crippen LogP contribution >= 0.6 is 0 Å². The fourth-order valence-corrected chi connectivity index (χ4v) is 3.62. The zero-order chi connectivity index (χ0) is 15.2. The van der Waals surface area contributed by atoms with Gasteiger partial charge in [-0.25, -0.2) is 9.52 Å². The van der Waals surface area contributed by atoms with E-state index in [0.717, 1.165) is 25.9 Å². The molecule has 0 aliphatic carbocycles. The first-order valence-electron chi connectivity index (χ1n) is 7.07. The van der Waals surface area contributed by atoms with Gasteiger partial charge in [-0.05, 0) is 46.2 Å². The molecule has 0 saturated carbocycles. The number of hydrogen-bond donors (Lipinski definition) is 2. The molecule has 118 valence electrons. The average molecular weight is 307 g/mol. The first kappa shape index (κ1) is 17.2. The maximum Gasteiger partial charge on any atom is 0.422 e. The SMILES string of the molecule is CCCN(C1CCNCC1)S(=O)(=O)NC(=O)OC(C)C. The summed E-state index contributed by atoms with van der Waals surface area (Å²) in [5.74, 6) is 0. The van der Waals surface area contributed by atoms with Gasteiger partial charge in [-0.2, -0.15) is 12.7 Å². The van der Waals surface area contributed by atoms with Crippen LogP contribution in [0.2, 0.25) is 0 Å². The van der Waals surface area contributed by atoms with Crippen LogP contribution in [0.5, 0.6) is 0 Å². The molecule has 1 saturated heterocycles. The van der Waals surface area contributed by atoms with E-state index in [9.17, 15) is 13.2 Å². The lowest BCUT2D eigenvalue weighted by Gasteiger charge is -2.33. The van der Waals surface area contributed by atoms with Crippen LogP contribution in [0.25, 0.3) is 0 Å².